The van der Waals surface area contributed by atoms with Gasteiger partial charge in [-0.05, 0) is 36.8 Å². The van der Waals surface area contributed by atoms with Crippen molar-refractivity contribution in [2.45, 2.75) is 13.0 Å². The van der Waals surface area contributed by atoms with Gasteiger partial charge in [0, 0.05) is 6.07 Å². The number of nitrogens with one attached hydrogen (secondary N) is 1. The van der Waals surface area contributed by atoms with Crippen molar-refractivity contribution in [1.82, 2.24) is 5.32 Å². The second kappa shape index (κ2) is 9.47. The minimum Gasteiger partial charge on any atom is -0.497 e. The summed E-state index contributed by atoms with van der Waals surface area (Å²) in [5.74, 6) is 0.495. The summed E-state index contributed by atoms with van der Waals surface area (Å²) >= 11 is 0. The Bertz CT molecular complexity index is 805. The number of ether oxygens (including phenoxy) is 4. The molecule has 0 unspecified atom stereocenters. The summed E-state index contributed by atoms with van der Waals surface area (Å²) in [6, 6.07) is 11.8. The van der Waals surface area contributed by atoms with Crippen molar-refractivity contribution >= 4 is 11.9 Å². The Hall–Kier alpha value is -3.22. The zero-order chi connectivity index (χ0) is 19.8. The largest absolute Gasteiger partial charge is 0.497 e. The van der Waals surface area contributed by atoms with Crippen LogP contribution in [-0.4, -0.2) is 39.8 Å². The number of carbonyl (C=O) groups excluding carboxylic acids is 2. The molecule has 0 heterocycles. The molecule has 0 saturated carbocycles. The number of hydrogen-bond acceptors (Lipinski definition) is 6. The van der Waals surface area contributed by atoms with Gasteiger partial charge in [-0.2, -0.15) is 0 Å². The zero-order valence-electron chi connectivity index (χ0n) is 15.8. The van der Waals surface area contributed by atoms with Crippen molar-refractivity contribution in [2.75, 3.05) is 27.9 Å². The smallest absolute Gasteiger partial charge is 0.342 e. The Balaban J connectivity index is 1.94. The maximum atomic E-state index is 12.2. The molecule has 27 heavy (non-hydrogen) atoms. The van der Waals surface area contributed by atoms with Gasteiger partial charge >= 0.3 is 5.97 Å². The van der Waals surface area contributed by atoms with Gasteiger partial charge in [-0.3, -0.25) is 4.79 Å². The molecular weight excluding hydrogens is 350 g/mol. The van der Waals surface area contributed by atoms with Gasteiger partial charge in [0.2, 0.25) is 0 Å². The van der Waals surface area contributed by atoms with E-state index >= 15 is 0 Å². The summed E-state index contributed by atoms with van der Waals surface area (Å²) in [6.45, 7) is 1.43. The van der Waals surface area contributed by atoms with E-state index in [2.05, 4.69) is 5.32 Å². The first-order valence-electron chi connectivity index (χ1n) is 8.31. The molecule has 0 aromatic heterocycles. The summed E-state index contributed by atoms with van der Waals surface area (Å²) < 4.78 is 20.5. The zero-order valence-corrected chi connectivity index (χ0v) is 15.8. The first kappa shape index (κ1) is 20.1. The monoisotopic (exact) mass is 373 g/mol. The van der Waals surface area contributed by atoms with E-state index in [0.717, 1.165) is 5.56 Å². The van der Waals surface area contributed by atoms with E-state index in [1.54, 1.807) is 19.2 Å². The predicted molar refractivity (Wildman–Crippen MR) is 99.4 cm³/mol. The van der Waals surface area contributed by atoms with Crippen LogP contribution >= 0.6 is 0 Å². The van der Waals surface area contributed by atoms with E-state index in [-0.39, 0.29) is 11.6 Å². The van der Waals surface area contributed by atoms with Gasteiger partial charge in [-0.15, -0.1) is 0 Å². The molecule has 7 heteroatoms. The average molecular weight is 373 g/mol. The van der Waals surface area contributed by atoms with Crippen LogP contribution < -0.4 is 19.5 Å². The van der Waals surface area contributed by atoms with Crippen LogP contribution in [-0.2, 0) is 9.53 Å². The summed E-state index contributed by atoms with van der Waals surface area (Å²) in [7, 11) is 4.53. The van der Waals surface area contributed by atoms with E-state index in [0.29, 0.717) is 17.2 Å². The lowest BCUT2D eigenvalue weighted by Gasteiger charge is -2.15. The fourth-order valence-electron chi connectivity index (χ4n) is 2.45. The van der Waals surface area contributed by atoms with Crippen molar-refractivity contribution in [3.05, 3.63) is 53.6 Å². The van der Waals surface area contributed by atoms with Crippen LogP contribution in [0.1, 0.15) is 28.9 Å². The maximum absolute atomic E-state index is 12.2. The molecule has 1 amide bonds. The maximum Gasteiger partial charge on any atom is 0.342 e. The molecule has 7 nitrogen and oxygen atoms in total. The third-order valence-electron chi connectivity index (χ3n) is 3.93. The Morgan fingerprint density at radius 2 is 1.67 bits per heavy atom. The van der Waals surface area contributed by atoms with Crippen molar-refractivity contribution in [3.63, 3.8) is 0 Å². The summed E-state index contributed by atoms with van der Waals surface area (Å²) in [5, 5.41) is 2.78. The molecule has 0 radical (unpaired) electrons. The van der Waals surface area contributed by atoms with Crippen LogP contribution in [0.2, 0.25) is 0 Å². The summed E-state index contributed by atoms with van der Waals surface area (Å²) in [4.78, 5) is 24.3. The highest BCUT2D eigenvalue weighted by Crippen LogP contribution is 2.25. The topological polar surface area (TPSA) is 83.1 Å². The highest BCUT2D eigenvalue weighted by Gasteiger charge is 2.17. The van der Waals surface area contributed by atoms with Crippen molar-refractivity contribution in [3.8, 4) is 17.2 Å². The highest BCUT2D eigenvalue weighted by atomic mass is 16.5. The number of carbonyl (C=O) groups is 2. The quantitative estimate of drug-likeness (QED) is 0.717. The third kappa shape index (κ3) is 5.37. The molecule has 0 bridgehead atoms. The third-order valence-corrected chi connectivity index (χ3v) is 3.93. The van der Waals surface area contributed by atoms with Gasteiger partial charge in [-0.25, -0.2) is 4.79 Å². The Morgan fingerprint density at radius 3 is 2.33 bits per heavy atom. The van der Waals surface area contributed by atoms with Gasteiger partial charge in [-0.1, -0.05) is 12.1 Å². The van der Waals surface area contributed by atoms with Crippen LogP contribution in [0, 0.1) is 0 Å². The van der Waals surface area contributed by atoms with Crippen LogP contribution in [0.4, 0.5) is 0 Å². The molecule has 2 aromatic carbocycles. The predicted octanol–water partition coefficient (Wildman–Crippen LogP) is 2.75. The minimum atomic E-state index is -0.654. The van der Waals surface area contributed by atoms with Gasteiger partial charge < -0.3 is 24.3 Å². The molecule has 1 N–H and O–H groups in total. The number of hydrogen-bond donors (Lipinski definition) is 1. The molecule has 0 aliphatic carbocycles. The van der Waals surface area contributed by atoms with E-state index in [9.17, 15) is 9.59 Å². The van der Waals surface area contributed by atoms with Crippen LogP contribution in [0.25, 0.3) is 0 Å². The minimum absolute atomic E-state index is 0.215. The van der Waals surface area contributed by atoms with Gasteiger partial charge in [0.1, 0.15) is 22.8 Å². The number of amides is 1. The van der Waals surface area contributed by atoms with Gasteiger partial charge in [0.05, 0.1) is 27.4 Å². The molecule has 0 fully saturated rings. The van der Waals surface area contributed by atoms with E-state index in [1.165, 1.54) is 20.3 Å². The van der Waals surface area contributed by atoms with Crippen LogP contribution in [0.3, 0.4) is 0 Å². The highest BCUT2D eigenvalue weighted by molar-refractivity contribution is 5.94. The van der Waals surface area contributed by atoms with Crippen molar-refractivity contribution in [2.24, 2.45) is 0 Å². The standard InChI is InChI=1S/C20H23NO6/c1-13(14-6-5-7-15(10-14)24-2)21-19(22)12-27-20(23)17-9-8-16(25-3)11-18(17)26-4/h5-11,13H,12H2,1-4H3,(H,21,22)/t13-/m0/s1. The number of benzene rings is 2. The Kier molecular flexibility index (Phi) is 7.05. The molecule has 0 spiro atoms. The van der Waals surface area contributed by atoms with E-state index in [4.69, 9.17) is 18.9 Å². The van der Waals surface area contributed by atoms with Crippen LogP contribution in [0.5, 0.6) is 17.2 Å². The fraction of sp³-hybridized carbons (Fsp3) is 0.300. The van der Waals surface area contributed by atoms with Crippen LogP contribution in [0.15, 0.2) is 42.5 Å². The molecule has 2 rings (SSSR count). The van der Waals surface area contributed by atoms with E-state index < -0.39 is 18.5 Å². The molecule has 0 aliphatic rings. The first-order valence-corrected chi connectivity index (χ1v) is 8.31. The molecule has 0 aliphatic heterocycles. The van der Waals surface area contributed by atoms with Crippen molar-refractivity contribution in [1.29, 1.82) is 0 Å². The second-order valence-electron chi connectivity index (χ2n) is 5.71. The fourth-order valence-corrected chi connectivity index (χ4v) is 2.45. The first-order chi connectivity index (χ1) is 13.0. The normalized spacial score (nSPS) is 11.3. The molecular formula is C20H23NO6. The van der Waals surface area contributed by atoms with Gasteiger partial charge in [0.25, 0.3) is 5.91 Å². The van der Waals surface area contributed by atoms with E-state index in [1.807, 2.05) is 31.2 Å². The SMILES string of the molecule is COc1cccc([C@H](C)NC(=O)COC(=O)c2ccc(OC)cc2OC)c1. The lowest BCUT2D eigenvalue weighted by Crippen LogP contribution is -2.31. The van der Waals surface area contributed by atoms with Crippen molar-refractivity contribution < 1.29 is 28.5 Å². The second-order valence-corrected chi connectivity index (χ2v) is 5.71. The molecule has 1 atom stereocenters. The summed E-state index contributed by atoms with van der Waals surface area (Å²) in [5.41, 5.74) is 1.10. The number of esters is 1. The molecule has 2 aromatic rings. The molecule has 0 saturated heterocycles. The summed E-state index contributed by atoms with van der Waals surface area (Å²) in [6.07, 6.45) is 0. The number of rotatable bonds is 8. The lowest BCUT2D eigenvalue weighted by atomic mass is 10.1. The molecule has 144 valence electrons. The Labute approximate surface area is 158 Å². The van der Waals surface area contributed by atoms with Gasteiger partial charge in [0.15, 0.2) is 6.61 Å². The lowest BCUT2D eigenvalue weighted by molar-refractivity contribution is -0.124. The average Bonchev–Trinajstić information content (AvgIpc) is 2.71. The number of methoxy groups -OCH3 is 3. The Morgan fingerprint density at radius 1 is 0.963 bits per heavy atom.